The van der Waals surface area contributed by atoms with Gasteiger partial charge < -0.3 is 10.5 Å². The van der Waals surface area contributed by atoms with Gasteiger partial charge in [0.25, 0.3) is 0 Å². The van der Waals surface area contributed by atoms with Crippen LogP contribution in [0.15, 0.2) is 0 Å². The van der Waals surface area contributed by atoms with Crippen molar-refractivity contribution in [3.8, 4) is 0 Å². The summed E-state index contributed by atoms with van der Waals surface area (Å²) in [6, 6.07) is 0. The number of methoxy groups -OCH3 is 1. The van der Waals surface area contributed by atoms with Crippen molar-refractivity contribution >= 4 is 0 Å². The van der Waals surface area contributed by atoms with Gasteiger partial charge in [-0.2, -0.15) is 0 Å². The van der Waals surface area contributed by atoms with E-state index in [-0.39, 0.29) is 0 Å². The highest BCUT2D eigenvalue weighted by atomic mass is 16.5. The highest BCUT2D eigenvalue weighted by Crippen LogP contribution is 2.27. The Bertz CT molecular complexity index is 97.7. The van der Waals surface area contributed by atoms with Gasteiger partial charge in [-0.25, -0.2) is 0 Å². The maximum absolute atomic E-state index is 5.59. The lowest BCUT2D eigenvalue weighted by atomic mass is 9.82. The van der Waals surface area contributed by atoms with Crippen LogP contribution in [0.4, 0.5) is 0 Å². The first-order valence-electron chi connectivity index (χ1n) is 4.55. The molecule has 0 amide bonds. The zero-order chi connectivity index (χ0) is 8.10. The Morgan fingerprint density at radius 2 is 1.73 bits per heavy atom. The summed E-state index contributed by atoms with van der Waals surface area (Å²) in [6.45, 7) is 1.82. The molecule has 0 aromatic rings. The van der Waals surface area contributed by atoms with E-state index in [1.54, 1.807) is 7.11 Å². The molecule has 1 aliphatic carbocycles. The standard InChI is InChI=1S/C9H19NO/c1-11-7-9-4-2-8(6-10)3-5-9/h8-9H,2-7,10H2,1H3. The molecule has 11 heavy (non-hydrogen) atoms. The molecule has 1 aliphatic rings. The molecule has 0 aliphatic heterocycles. The smallest absolute Gasteiger partial charge is 0.0490 e. The summed E-state index contributed by atoms with van der Waals surface area (Å²) in [5.41, 5.74) is 5.59. The summed E-state index contributed by atoms with van der Waals surface area (Å²) >= 11 is 0. The van der Waals surface area contributed by atoms with Gasteiger partial charge in [0.1, 0.15) is 0 Å². The van der Waals surface area contributed by atoms with E-state index in [9.17, 15) is 0 Å². The minimum atomic E-state index is 0.795. The van der Waals surface area contributed by atoms with Crippen LogP contribution in [-0.4, -0.2) is 20.3 Å². The van der Waals surface area contributed by atoms with Gasteiger partial charge >= 0.3 is 0 Å². The van der Waals surface area contributed by atoms with Crippen molar-refractivity contribution in [2.75, 3.05) is 20.3 Å². The third-order valence-electron chi connectivity index (χ3n) is 2.70. The van der Waals surface area contributed by atoms with Crippen molar-refractivity contribution in [3.63, 3.8) is 0 Å². The molecule has 0 radical (unpaired) electrons. The fraction of sp³-hybridized carbons (Fsp3) is 1.00. The summed E-state index contributed by atoms with van der Waals surface area (Å²) in [5, 5.41) is 0. The van der Waals surface area contributed by atoms with Crippen LogP contribution >= 0.6 is 0 Å². The summed E-state index contributed by atoms with van der Waals surface area (Å²) in [6.07, 6.45) is 5.25. The Kier molecular flexibility index (Phi) is 3.87. The third kappa shape index (κ3) is 2.80. The van der Waals surface area contributed by atoms with Crippen molar-refractivity contribution in [1.29, 1.82) is 0 Å². The highest BCUT2D eigenvalue weighted by Gasteiger charge is 2.19. The molecule has 1 saturated carbocycles. The van der Waals surface area contributed by atoms with Crippen LogP contribution in [0.2, 0.25) is 0 Å². The van der Waals surface area contributed by atoms with Crippen LogP contribution in [-0.2, 0) is 4.74 Å². The largest absolute Gasteiger partial charge is 0.384 e. The second kappa shape index (κ2) is 4.73. The van der Waals surface area contributed by atoms with Gasteiger partial charge in [0, 0.05) is 13.7 Å². The van der Waals surface area contributed by atoms with Crippen molar-refractivity contribution in [3.05, 3.63) is 0 Å². The number of nitrogens with two attached hydrogens (primary N) is 1. The second-order valence-corrected chi connectivity index (χ2v) is 3.58. The summed E-state index contributed by atoms with van der Waals surface area (Å²) in [4.78, 5) is 0. The van der Waals surface area contributed by atoms with E-state index in [0.717, 1.165) is 25.0 Å². The fourth-order valence-corrected chi connectivity index (χ4v) is 1.87. The number of hydrogen-bond acceptors (Lipinski definition) is 2. The van der Waals surface area contributed by atoms with Gasteiger partial charge in [-0.3, -0.25) is 0 Å². The first-order chi connectivity index (χ1) is 5.36. The number of hydrogen-bond donors (Lipinski definition) is 1. The summed E-state index contributed by atoms with van der Waals surface area (Å²) < 4.78 is 5.12. The van der Waals surface area contributed by atoms with Crippen LogP contribution < -0.4 is 5.73 Å². The van der Waals surface area contributed by atoms with Gasteiger partial charge in [-0.1, -0.05) is 0 Å². The molecule has 66 valence electrons. The molecular weight excluding hydrogens is 138 g/mol. The molecule has 1 rings (SSSR count). The Morgan fingerprint density at radius 3 is 2.18 bits per heavy atom. The fourth-order valence-electron chi connectivity index (χ4n) is 1.87. The predicted molar refractivity (Wildman–Crippen MR) is 46.4 cm³/mol. The quantitative estimate of drug-likeness (QED) is 0.672. The molecule has 2 heteroatoms. The Morgan fingerprint density at radius 1 is 1.18 bits per heavy atom. The van der Waals surface area contributed by atoms with E-state index in [1.807, 2.05) is 0 Å². The van der Waals surface area contributed by atoms with Crippen LogP contribution in [0, 0.1) is 11.8 Å². The first kappa shape index (κ1) is 9.01. The molecule has 0 spiro atoms. The lowest BCUT2D eigenvalue weighted by Crippen LogP contribution is -2.23. The van der Waals surface area contributed by atoms with E-state index < -0.39 is 0 Å². The summed E-state index contributed by atoms with van der Waals surface area (Å²) in [7, 11) is 1.79. The molecule has 2 nitrogen and oxygen atoms in total. The monoisotopic (exact) mass is 157 g/mol. The van der Waals surface area contributed by atoms with Gasteiger partial charge in [0.15, 0.2) is 0 Å². The van der Waals surface area contributed by atoms with E-state index >= 15 is 0 Å². The van der Waals surface area contributed by atoms with E-state index in [0.29, 0.717) is 0 Å². The zero-order valence-electron chi connectivity index (χ0n) is 7.38. The molecule has 0 saturated heterocycles. The third-order valence-corrected chi connectivity index (χ3v) is 2.70. The molecule has 0 unspecified atom stereocenters. The Balaban J connectivity index is 2.14. The van der Waals surface area contributed by atoms with E-state index in [2.05, 4.69) is 0 Å². The SMILES string of the molecule is COCC1CCC(CN)CC1. The number of ether oxygens (including phenoxy) is 1. The van der Waals surface area contributed by atoms with Gasteiger partial charge in [0.05, 0.1) is 0 Å². The minimum Gasteiger partial charge on any atom is -0.384 e. The van der Waals surface area contributed by atoms with Crippen molar-refractivity contribution in [1.82, 2.24) is 0 Å². The molecule has 0 bridgehead atoms. The second-order valence-electron chi connectivity index (χ2n) is 3.58. The lowest BCUT2D eigenvalue weighted by Gasteiger charge is -2.26. The van der Waals surface area contributed by atoms with Crippen molar-refractivity contribution < 1.29 is 4.74 Å². The molecule has 0 atom stereocenters. The Hall–Kier alpha value is -0.0800. The highest BCUT2D eigenvalue weighted by molar-refractivity contribution is 4.72. The van der Waals surface area contributed by atoms with Crippen molar-refractivity contribution in [2.45, 2.75) is 25.7 Å². The predicted octanol–water partition coefficient (Wildman–Crippen LogP) is 1.40. The van der Waals surface area contributed by atoms with Crippen LogP contribution in [0.1, 0.15) is 25.7 Å². The zero-order valence-corrected chi connectivity index (χ0v) is 7.38. The van der Waals surface area contributed by atoms with Crippen LogP contribution in [0.3, 0.4) is 0 Å². The average molecular weight is 157 g/mol. The molecule has 0 aromatic carbocycles. The van der Waals surface area contributed by atoms with Gasteiger partial charge in [0.2, 0.25) is 0 Å². The Labute approximate surface area is 69.1 Å². The van der Waals surface area contributed by atoms with Crippen LogP contribution in [0.5, 0.6) is 0 Å². The van der Waals surface area contributed by atoms with E-state index in [4.69, 9.17) is 10.5 Å². The van der Waals surface area contributed by atoms with E-state index in [1.165, 1.54) is 25.7 Å². The molecular formula is C9H19NO. The number of rotatable bonds is 3. The normalized spacial score (nSPS) is 32.2. The topological polar surface area (TPSA) is 35.2 Å². The molecule has 2 N–H and O–H groups in total. The first-order valence-corrected chi connectivity index (χ1v) is 4.55. The van der Waals surface area contributed by atoms with Gasteiger partial charge in [-0.05, 0) is 44.1 Å². The molecule has 0 aromatic heterocycles. The van der Waals surface area contributed by atoms with Crippen molar-refractivity contribution in [2.24, 2.45) is 17.6 Å². The van der Waals surface area contributed by atoms with Crippen LogP contribution in [0.25, 0.3) is 0 Å². The maximum atomic E-state index is 5.59. The lowest BCUT2D eigenvalue weighted by molar-refractivity contribution is 0.120. The maximum Gasteiger partial charge on any atom is 0.0490 e. The molecule has 0 heterocycles. The summed E-state index contributed by atoms with van der Waals surface area (Å²) in [5.74, 6) is 1.60. The molecule has 1 fully saturated rings. The van der Waals surface area contributed by atoms with Gasteiger partial charge in [-0.15, -0.1) is 0 Å². The average Bonchev–Trinajstić information content (AvgIpc) is 2.07. The minimum absolute atomic E-state index is 0.795.